The van der Waals surface area contributed by atoms with Gasteiger partial charge in [-0.15, -0.1) is 0 Å². The molecule has 0 bridgehead atoms. The van der Waals surface area contributed by atoms with Crippen molar-refractivity contribution in [2.45, 2.75) is 32.8 Å². The van der Waals surface area contributed by atoms with Gasteiger partial charge in [-0.3, -0.25) is 9.59 Å². The molecule has 0 amide bonds. The van der Waals surface area contributed by atoms with Crippen LogP contribution in [0.5, 0.6) is 11.9 Å². The second-order valence-electron chi connectivity index (χ2n) is 5.25. The molecule has 134 valence electrons. The Kier molecular flexibility index (Phi) is 6.90. The van der Waals surface area contributed by atoms with Gasteiger partial charge in [0.25, 0.3) is 0 Å². The maximum atomic E-state index is 11.0. The van der Waals surface area contributed by atoms with Gasteiger partial charge in [0.1, 0.15) is 18.8 Å². The summed E-state index contributed by atoms with van der Waals surface area (Å²) in [5.74, 6) is -0.837. The Morgan fingerprint density at radius 3 is 2.00 bits per heavy atom. The summed E-state index contributed by atoms with van der Waals surface area (Å²) < 4.78 is 19.9. The standard InChI is InChI=1S/C15H22N2O7/c1-9-12(16-14(22-5)17-13(9)21-4)6-15(20,7-23-10(2)18)8-24-11(3)19/h20H,6-8H2,1-5H3. The third-order valence-electron chi connectivity index (χ3n) is 3.14. The highest BCUT2D eigenvalue weighted by Crippen LogP contribution is 2.24. The zero-order valence-corrected chi connectivity index (χ0v) is 14.4. The quantitative estimate of drug-likeness (QED) is 0.661. The Bertz CT molecular complexity index is 586. The molecule has 0 atom stereocenters. The summed E-state index contributed by atoms with van der Waals surface area (Å²) in [4.78, 5) is 30.3. The summed E-state index contributed by atoms with van der Waals surface area (Å²) in [6, 6.07) is 0.0646. The SMILES string of the molecule is COc1nc(CC(O)(COC(C)=O)COC(C)=O)c(C)c(OC)n1. The van der Waals surface area contributed by atoms with Crippen molar-refractivity contribution in [2.24, 2.45) is 0 Å². The van der Waals surface area contributed by atoms with Crippen molar-refractivity contribution >= 4 is 11.9 Å². The van der Waals surface area contributed by atoms with Crippen molar-refractivity contribution in [3.63, 3.8) is 0 Å². The molecule has 0 saturated heterocycles. The van der Waals surface area contributed by atoms with Gasteiger partial charge < -0.3 is 24.1 Å². The molecule has 0 fully saturated rings. The van der Waals surface area contributed by atoms with Gasteiger partial charge in [-0.25, -0.2) is 0 Å². The maximum Gasteiger partial charge on any atom is 0.319 e. The molecule has 0 unspecified atom stereocenters. The van der Waals surface area contributed by atoms with Crippen molar-refractivity contribution < 1.29 is 33.6 Å². The number of carbonyl (C=O) groups is 2. The summed E-state index contributed by atoms with van der Waals surface area (Å²) in [5, 5.41) is 10.7. The summed E-state index contributed by atoms with van der Waals surface area (Å²) in [5.41, 5.74) is -0.644. The third kappa shape index (κ3) is 5.65. The Morgan fingerprint density at radius 1 is 1.04 bits per heavy atom. The minimum atomic E-state index is -1.65. The van der Waals surface area contributed by atoms with E-state index in [1.165, 1.54) is 28.1 Å². The molecule has 1 heterocycles. The fourth-order valence-corrected chi connectivity index (χ4v) is 1.91. The van der Waals surface area contributed by atoms with E-state index in [-0.39, 0.29) is 25.6 Å². The lowest BCUT2D eigenvalue weighted by molar-refractivity contribution is -0.160. The Morgan fingerprint density at radius 2 is 1.58 bits per heavy atom. The smallest absolute Gasteiger partial charge is 0.319 e. The number of hydrogen-bond donors (Lipinski definition) is 1. The van der Waals surface area contributed by atoms with E-state index < -0.39 is 17.5 Å². The lowest BCUT2D eigenvalue weighted by atomic mass is 9.97. The van der Waals surface area contributed by atoms with Crippen LogP contribution in [0.1, 0.15) is 25.1 Å². The number of rotatable bonds is 8. The van der Waals surface area contributed by atoms with Gasteiger partial charge in [0, 0.05) is 25.8 Å². The average Bonchev–Trinajstić information content (AvgIpc) is 2.53. The predicted molar refractivity (Wildman–Crippen MR) is 81.8 cm³/mol. The molecule has 0 aliphatic heterocycles. The van der Waals surface area contributed by atoms with Crippen LogP contribution in [0.3, 0.4) is 0 Å². The van der Waals surface area contributed by atoms with Crippen LogP contribution in [0, 0.1) is 6.92 Å². The molecule has 24 heavy (non-hydrogen) atoms. The van der Waals surface area contributed by atoms with Gasteiger partial charge in [0.05, 0.1) is 19.9 Å². The van der Waals surface area contributed by atoms with Crippen molar-refractivity contribution in [3.05, 3.63) is 11.3 Å². The number of aromatic nitrogens is 2. The van der Waals surface area contributed by atoms with Crippen LogP contribution >= 0.6 is 0 Å². The molecule has 0 aromatic carbocycles. The molecule has 0 aliphatic rings. The van der Waals surface area contributed by atoms with E-state index in [2.05, 4.69) is 9.97 Å². The number of esters is 2. The number of aliphatic hydroxyl groups is 1. The van der Waals surface area contributed by atoms with Crippen LogP contribution in [0.15, 0.2) is 0 Å². The van der Waals surface area contributed by atoms with Gasteiger partial charge in [0.2, 0.25) is 5.88 Å². The zero-order valence-electron chi connectivity index (χ0n) is 14.4. The first kappa shape index (κ1) is 19.6. The fourth-order valence-electron chi connectivity index (χ4n) is 1.91. The van der Waals surface area contributed by atoms with E-state index >= 15 is 0 Å². The van der Waals surface area contributed by atoms with E-state index in [0.29, 0.717) is 17.1 Å². The first-order valence-corrected chi connectivity index (χ1v) is 7.15. The van der Waals surface area contributed by atoms with Gasteiger partial charge in [-0.05, 0) is 6.92 Å². The number of nitrogens with zero attached hydrogens (tertiary/aromatic N) is 2. The average molecular weight is 342 g/mol. The molecule has 0 radical (unpaired) electrons. The van der Waals surface area contributed by atoms with Gasteiger partial charge in [0.15, 0.2) is 0 Å². The second kappa shape index (κ2) is 8.44. The highest BCUT2D eigenvalue weighted by Gasteiger charge is 2.33. The van der Waals surface area contributed by atoms with Crippen LogP contribution < -0.4 is 9.47 Å². The molecule has 1 rings (SSSR count). The Balaban J connectivity index is 3.11. The third-order valence-corrected chi connectivity index (χ3v) is 3.14. The summed E-state index contributed by atoms with van der Waals surface area (Å²) in [7, 11) is 2.85. The maximum absolute atomic E-state index is 11.0. The topological polar surface area (TPSA) is 117 Å². The van der Waals surface area contributed by atoms with Crippen LogP contribution in [0.25, 0.3) is 0 Å². The van der Waals surface area contributed by atoms with Gasteiger partial charge >= 0.3 is 17.9 Å². The van der Waals surface area contributed by atoms with Gasteiger partial charge in [-0.1, -0.05) is 0 Å². The highest BCUT2D eigenvalue weighted by molar-refractivity contribution is 5.66. The molecular formula is C15H22N2O7. The predicted octanol–water partition coefficient (Wildman–Crippen LogP) is 0.202. The monoisotopic (exact) mass is 342 g/mol. The van der Waals surface area contributed by atoms with E-state index in [1.54, 1.807) is 6.92 Å². The van der Waals surface area contributed by atoms with Crippen molar-refractivity contribution in [1.82, 2.24) is 9.97 Å². The molecule has 1 aromatic heterocycles. The number of hydrogen-bond acceptors (Lipinski definition) is 9. The van der Waals surface area contributed by atoms with Crippen LogP contribution in [-0.4, -0.2) is 60.0 Å². The van der Waals surface area contributed by atoms with Crippen molar-refractivity contribution in [1.29, 1.82) is 0 Å². The number of carbonyl (C=O) groups excluding carboxylic acids is 2. The van der Waals surface area contributed by atoms with Crippen LogP contribution in [0.2, 0.25) is 0 Å². The minimum absolute atomic E-state index is 0.0609. The molecule has 1 aromatic rings. The first-order chi connectivity index (χ1) is 11.2. The summed E-state index contributed by atoms with van der Waals surface area (Å²) in [6.07, 6.45) is -0.0609. The molecule has 9 heteroatoms. The van der Waals surface area contributed by atoms with Crippen molar-refractivity contribution in [3.8, 4) is 11.9 Å². The van der Waals surface area contributed by atoms with Crippen LogP contribution in [0.4, 0.5) is 0 Å². The molecular weight excluding hydrogens is 320 g/mol. The first-order valence-electron chi connectivity index (χ1n) is 7.15. The Hall–Kier alpha value is -2.42. The number of ether oxygens (including phenoxy) is 4. The van der Waals surface area contributed by atoms with E-state index in [1.807, 2.05) is 0 Å². The Labute approximate surface area is 139 Å². The van der Waals surface area contributed by atoms with E-state index in [9.17, 15) is 14.7 Å². The fraction of sp³-hybridized carbons (Fsp3) is 0.600. The zero-order chi connectivity index (χ0) is 18.3. The largest absolute Gasteiger partial charge is 0.481 e. The lowest BCUT2D eigenvalue weighted by Gasteiger charge is -2.27. The van der Waals surface area contributed by atoms with E-state index in [4.69, 9.17) is 18.9 Å². The lowest BCUT2D eigenvalue weighted by Crippen LogP contribution is -2.43. The molecule has 0 aliphatic carbocycles. The van der Waals surface area contributed by atoms with Crippen molar-refractivity contribution in [2.75, 3.05) is 27.4 Å². The molecule has 0 saturated carbocycles. The summed E-state index contributed by atoms with van der Waals surface area (Å²) >= 11 is 0. The minimum Gasteiger partial charge on any atom is -0.481 e. The highest BCUT2D eigenvalue weighted by atomic mass is 16.6. The second-order valence-corrected chi connectivity index (χ2v) is 5.25. The summed E-state index contributed by atoms with van der Waals surface area (Å²) in [6.45, 7) is 3.43. The molecule has 1 N–H and O–H groups in total. The van der Waals surface area contributed by atoms with E-state index in [0.717, 1.165) is 0 Å². The molecule has 9 nitrogen and oxygen atoms in total. The van der Waals surface area contributed by atoms with Crippen LogP contribution in [-0.2, 0) is 25.5 Å². The molecule has 0 spiro atoms. The number of methoxy groups -OCH3 is 2. The van der Waals surface area contributed by atoms with Gasteiger partial charge in [-0.2, -0.15) is 9.97 Å². The normalized spacial score (nSPS) is 10.9.